The van der Waals surface area contributed by atoms with E-state index in [2.05, 4.69) is 0 Å². The van der Waals surface area contributed by atoms with Crippen molar-refractivity contribution >= 4 is 24.3 Å². The van der Waals surface area contributed by atoms with E-state index in [1.165, 1.54) is 0 Å². The summed E-state index contributed by atoms with van der Waals surface area (Å²) in [7, 11) is 0. The van der Waals surface area contributed by atoms with Crippen LogP contribution in [0.4, 0.5) is 0 Å². The third-order valence-electron chi connectivity index (χ3n) is 1.52. The standard InChI is InChI=1S/2C7H12O2.ClH.H2O/c2*8-7(9)6-4-2-1-3-5-6;;/h2*6H,1-5H2,(H,8,9);1H;1H2/i1D2,2D2,3D2,4D2,5D2,6D;1D2,2D2,3D2,4D2,5D2;;. The average Bonchev–Trinajstić information content (AvgIpc) is 2.69. The van der Waals surface area contributed by atoms with E-state index in [-0.39, 0.29) is 17.9 Å². The predicted octanol–water partition coefficient (Wildman–Crippen LogP) is 2.90. The van der Waals surface area contributed by atoms with Crippen LogP contribution < -0.4 is 0 Å². The van der Waals surface area contributed by atoms with E-state index in [9.17, 15) is 9.59 Å². The molecule has 2 rings (SSSR count). The van der Waals surface area contributed by atoms with E-state index in [4.69, 9.17) is 39.0 Å². The molecule has 0 aromatic carbocycles. The molecule has 0 aliphatic heterocycles. The molecule has 0 bridgehead atoms. The highest BCUT2D eigenvalue weighted by molar-refractivity contribution is 5.85. The lowest BCUT2D eigenvalue weighted by Gasteiger charge is -2.16. The maximum atomic E-state index is 11.2. The molecule has 0 atom stereocenters. The van der Waals surface area contributed by atoms with Crippen molar-refractivity contribution in [1.82, 2.24) is 0 Å². The van der Waals surface area contributed by atoms with Gasteiger partial charge < -0.3 is 15.7 Å². The van der Waals surface area contributed by atoms with Crippen LogP contribution in [0.5, 0.6) is 0 Å². The van der Waals surface area contributed by atoms with Crippen LogP contribution >= 0.6 is 12.4 Å². The first kappa shape index (κ1) is 4.35. The van der Waals surface area contributed by atoms with E-state index >= 15 is 0 Å². The van der Waals surface area contributed by atoms with Crippen LogP contribution in [-0.2, 0) is 9.59 Å². The molecule has 20 heavy (non-hydrogen) atoms. The summed E-state index contributed by atoms with van der Waals surface area (Å²) in [5.74, 6) is -11.0. The number of carboxylic acids is 2. The number of carbonyl (C=O) groups is 2. The smallest absolute Gasteiger partial charge is 0.306 e. The van der Waals surface area contributed by atoms with Crippen molar-refractivity contribution < 1.29 is 54.1 Å². The van der Waals surface area contributed by atoms with E-state index in [1.54, 1.807) is 0 Å². The Balaban J connectivity index is 0. The number of hydrogen-bond acceptors (Lipinski definition) is 2. The summed E-state index contributed by atoms with van der Waals surface area (Å²) in [6.45, 7) is 0. The zero-order chi connectivity index (χ0) is 32.2. The van der Waals surface area contributed by atoms with Gasteiger partial charge in [-0.2, -0.15) is 0 Å². The maximum Gasteiger partial charge on any atom is 0.306 e. The Labute approximate surface area is 156 Å². The second-order valence-electron chi connectivity index (χ2n) is 2.74. The van der Waals surface area contributed by atoms with Crippen LogP contribution in [0.25, 0.3) is 0 Å². The highest BCUT2D eigenvalue weighted by Crippen LogP contribution is 2.23. The highest BCUT2D eigenvalue weighted by Gasteiger charge is 2.20. The van der Waals surface area contributed by atoms with E-state index < -0.39 is 87.5 Å². The molecular formula is C14H27ClO5. The van der Waals surface area contributed by atoms with Crippen LogP contribution in [0.2, 0.25) is 0 Å². The zero-order valence-electron chi connectivity index (χ0n) is 30.7. The Morgan fingerprint density at radius 1 is 0.850 bits per heavy atom. The third-order valence-corrected chi connectivity index (χ3v) is 1.52. The topological polar surface area (TPSA) is 106 Å². The molecule has 0 radical (unpaired) electrons. The summed E-state index contributed by atoms with van der Waals surface area (Å²) in [4.78, 5) is 22.2. The first-order valence-corrected chi connectivity index (χ1v) is 4.47. The second kappa shape index (κ2) is 12.0. The molecule has 120 valence electrons. The molecule has 2 fully saturated rings. The van der Waals surface area contributed by atoms with E-state index in [1.807, 2.05) is 0 Å². The monoisotopic (exact) mass is 331 g/mol. The SMILES string of the molecule is Cl.O.[2H]C1([2H])C(C(=O)O)C([2H])([2H])C([2H])([2H])C([2H])([2H])C1([2H])[2H].[2H]C1([2H])C([2H])([2H])C([2H])([2H])C([2H])(C(=O)O)C([2H])([2H])C1([2H])[2H]. The van der Waals surface area contributed by atoms with Crippen molar-refractivity contribution in [3.63, 3.8) is 0 Å². The molecule has 0 aromatic heterocycles. The fraction of sp³-hybridized carbons (Fsp3) is 0.857. The van der Waals surface area contributed by atoms with Crippen molar-refractivity contribution in [2.24, 2.45) is 11.8 Å². The Morgan fingerprint density at radius 2 is 1.25 bits per heavy atom. The van der Waals surface area contributed by atoms with E-state index in [0.29, 0.717) is 0 Å². The molecule has 0 spiro atoms. The molecule has 0 saturated heterocycles. The van der Waals surface area contributed by atoms with Gasteiger partial charge >= 0.3 is 11.9 Å². The molecule has 0 amide bonds. The first-order chi connectivity index (χ1) is 16.5. The van der Waals surface area contributed by atoms with Crippen LogP contribution in [0.1, 0.15) is 92.5 Å². The molecule has 2 aliphatic rings. The predicted molar refractivity (Wildman–Crippen MR) is 79.3 cm³/mol. The van der Waals surface area contributed by atoms with Crippen LogP contribution in [-0.4, -0.2) is 27.6 Å². The molecule has 0 aromatic rings. The molecule has 4 N–H and O–H groups in total. The van der Waals surface area contributed by atoms with Crippen molar-refractivity contribution in [3.8, 4) is 0 Å². The molecule has 0 heterocycles. The number of carboxylic acid groups (broad SMARTS) is 2. The van der Waals surface area contributed by atoms with E-state index in [0.717, 1.165) is 0 Å². The normalized spacial score (nSPS) is 61.9. The fourth-order valence-electron chi connectivity index (χ4n) is 0.764. The Hall–Kier alpha value is -0.810. The van der Waals surface area contributed by atoms with Crippen molar-refractivity contribution in [3.05, 3.63) is 0 Å². The lowest BCUT2D eigenvalue weighted by molar-refractivity contribution is -0.143. The van der Waals surface area contributed by atoms with Gasteiger partial charge in [0.25, 0.3) is 0 Å². The van der Waals surface area contributed by atoms with Gasteiger partial charge in [-0.1, -0.05) is 38.2 Å². The van der Waals surface area contributed by atoms with Gasteiger partial charge in [-0.3, -0.25) is 9.59 Å². The summed E-state index contributed by atoms with van der Waals surface area (Å²) in [5.41, 5.74) is 0. The van der Waals surface area contributed by atoms with Crippen molar-refractivity contribution in [2.45, 2.75) is 63.7 Å². The number of hydrogen-bond donors (Lipinski definition) is 2. The van der Waals surface area contributed by atoms with Crippen LogP contribution in [0.3, 0.4) is 0 Å². The fourth-order valence-corrected chi connectivity index (χ4v) is 0.764. The average molecular weight is 332 g/mol. The Bertz CT molecular complexity index is 980. The van der Waals surface area contributed by atoms with Gasteiger partial charge in [-0.15, -0.1) is 12.4 Å². The quantitative estimate of drug-likeness (QED) is 0.811. The zero-order valence-corrected chi connectivity index (χ0v) is 10.5. The Kier molecular flexibility index (Phi) is 2.61. The number of aliphatic carboxylic acids is 2. The first-order valence-electron chi connectivity index (χ1n) is 15.0. The van der Waals surface area contributed by atoms with Crippen molar-refractivity contribution in [2.75, 3.05) is 0 Å². The van der Waals surface area contributed by atoms with Crippen LogP contribution in [0.15, 0.2) is 0 Å². The minimum atomic E-state index is -3.86. The van der Waals surface area contributed by atoms with Gasteiger partial charge in [0, 0.05) is 28.8 Å². The molecule has 5 nitrogen and oxygen atoms in total. The summed E-state index contributed by atoms with van der Waals surface area (Å²) in [6, 6.07) is 0. The molecular weight excluding hydrogens is 284 g/mol. The molecule has 6 heteroatoms. The lowest BCUT2D eigenvalue weighted by Crippen LogP contribution is -2.16. The van der Waals surface area contributed by atoms with Crippen LogP contribution in [0, 0.1) is 11.8 Å². The minimum absolute atomic E-state index is 0. The van der Waals surface area contributed by atoms with Gasteiger partial charge in [0.2, 0.25) is 0 Å². The largest absolute Gasteiger partial charge is 0.481 e. The third kappa shape index (κ3) is 8.38. The summed E-state index contributed by atoms with van der Waals surface area (Å²) in [5, 5.41) is 17.9. The maximum absolute atomic E-state index is 11.2. The minimum Gasteiger partial charge on any atom is -0.481 e. The number of halogens is 1. The Morgan fingerprint density at radius 3 is 1.60 bits per heavy atom. The van der Waals surface area contributed by atoms with Crippen molar-refractivity contribution in [1.29, 1.82) is 0 Å². The van der Waals surface area contributed by atoms with Gasteiger partial charge in [0.1, 0.15) is 0 Å². The highest BCUT2D eigenvalue weighted by atomic mass is 35.5. The molecule has 2 saturated carbocycles. The van der Waals surface area contributed by atoms with Gasteiger partial charge in [0.15, 0.2) is 0 Å². The van der Waals surface area contributed by atoms with Gasteiger partial charge in [-0.05, 0) is 25.5 Å². The summed E-state index contributed by atoms with van der Waals surface area (Å²) in [6.07, 6.45) is -36.2. The van der Waals surface area contributed by atoms with Gasteiger partial charge in [0.05, 0.1) is 11.8 Å². The lowest BCUT2D eigenvalue weighted by atomic mass is 9.90. The van der Waals surface area contributed by atoms with Gasteiger partial charge in [-0.25, -0.2) is 0 Å². The molecule has 0 unspecified atom stereocenters. The second-order valence-corrected chi connectivity index (χ2v) is 2.74. The summed E-state index contributed by atoms with van der Waals surface area (Å²) >= 11 is 0. The number of rotatable bonds is 2. The summed E-state index contributed by atoms with van der Waals surface area (Å²) < 4.78 is 157. The molecule has 2 aliphatic carbocycles.